The summed E-state index contributed by atoms with van der Waals surface area (Å²) in [6.45, 7) is -0.468. The molecule has 4 N–H and O–H groups in total. The van der Waals surface area contributed by atoms with Crippen molar-refractivity contribution in [1.82, 2.24) is 19.5 Å². The SMILES string of the molecule is CNc1nc2c(ncn2[C@@H]2OC(CO)=C(O)C2OC)c(=O)[nH]1. The third-order valence-corrected chi connectivity index (χ3v) is 3.42. The van der Waals surface area contributed by atoms with Crippen molar-refractivity contribution in [3.63, 3.8) is 0 Å². The van der Waals surface area contributed by atoms with Gasteiger partial charge in [0.1, 0.15) is 12.9 Å². The Balaban J connectivity index is 2.11. The molecule has 0 radical (unpaired) electrons. The second-order valence-electron chi connectivity index (χ2n) is 4.62. The maximum absolute atomic E-state index is 11.9. The van der Waals surface area contributed by atoms with Crippen molar-refractivity contribution < 1.29 is 19.7 Å². The molecule has 22 heavy (non-hydrogen) atoms. The van der Waals surface area contributed by atoms with Gasteiger partial charge in [0.05, 0.1) is 0 Å². The zero-order valence-electron chi connectivity index (χ0n) is 11.9. The monoisotopic (exact) mass is 309 g/mol. The van der Waals surface area contributed by atoms with E-state index in [0.717, 1.165) is 0 Å². The Morgan fingerprint density at radius 1 is 1.59 bits per heavy atom. The standard InChI is InChI=1S/C12H15N5O5/c1-13-12-15-9-6(10(20)16-12)14-4-17(9)11-8(21-2)7(19)5(3-18)22-11/h4,8,11,18-19H,3H2,1-2H3,(H2,13,15,16,20)/t8?,11-/m1/s1. The summed E-state index contributed by atoms with van der Waals surface area (Å²) in [5, 5.41) is 21.9. The van der Waals surface area contributed by atoms with Crippen LogP contribution in [0.1, 0.15) is 6.23 Å². The summed E-state index contributed by atoms with van der Waals surface area (Å²) < 4.78 is 12.2. The van der Waals surface area contributed by atoms with Crippen molar-refractivity contribution in [1.29, 1.82) is 0 Å². The molecule has 2 atom stereocenters. The fraction of sp³-hybridized carbons (Fsp3) is 0.417. The molecule has 10 nitrogen and oxygen atoms in total. The molecule has 0 saturated heterocycles. The summed E-state index contributed by atoms with van der Waals surface area (Å²) in [6.07, 6.45) is -0.286. The van der Waals surface area contributed by atoms with Crippen molar-refractivity contribution in [2.24, 2.45) is 0 Å². The molecule has 3 heterocycles. The number of aliphatic hydroxyl groups is 2. The molecule has 0 amide bonds. The number of hydrogen-bond acceptors (Lipinski definition) is 8. The number of fused-ring (bicyclic) bond motifs is 1. The minimum atomic E-state index is -0.835. The van der Waals surface area contributed by atoms with E-state index in [2.05, 4.69) is 20.3 Å². The van der Waals surface area contributed by atoms with Gasteiger partial charge in [-0.15, -0.1) is 0 Å². The lowest BCUT2D eigenvalue weighted by Crippen LogP contribution is -2.25. The number of aromatic amines is 1. The van der Waals surface area contributed by atoms with E-state index < -0.39 is 24.5 Å². The van der Waals surface area contributed by atoms with Crippen molar-refractivity contribution in [2.45, 2.75) is 12.3 Å². The van der Waals surface area contributed by atoms with Crippen LogP contribution in [0.25, 0.3) is 11.2 Å². The van der Waals surface area contributed by atoms with Gasteiger partial charge in [-0.05, 0) is 0 Å². The number of ether oxygens (including phenoxy) is 2. The zero-order valence-corrected chi connectivity index (χ0v) is 11.9. The summed E-state index contributed by atoms with van der Waals surface area (Å²) in [5.41, 5.74) is 0.00107. The lowest BCUT2D eigenvalue weighted by Gasteiger charge is -2.19. The molecule has 0 saturated carbocycles. The Hall–Kier alpha value is -2.59. The first-order chi connectivity index (χ1) is 10.6. The number of anilines is 1. The van der Waals surface area contributed by atoms with E-state index >= 15 is 0 Å². The summed E-state index contributed by atoms with van der Waals surface area (Å²) in [5.74, 6) is 0.0821. The molecular weight excluding hydrogens is 294 g/mol. The molecule has 2 aromatic heterocycles. The van der Waals surface area contributed by atoms with Crippen molar-refractivity contribution in [2.75, 3.05) is 26.1 Å². The van der Waals surface area contributed by atoms with Gasteiger partial charge >= 0.3 is 0 Å². The number of nitrogens with zero attached hydrogens (tertiary/aromatic N) is 3. The molecule has 118 valence electrons. The van der Waals surface area contributed by atoms with Crippen molar-refractivity contribution in [3.8, 4) is 0 Å². The lowest BCUT2D eigenvalue weighted by molar-refractivity contribution is -0.0329. The molecule has 0 aromatic carbocycles. The number of H-pyrrole nitrogens is 1. The van der Waals surface area contributed by atoms with Crippen molar-refractivity contribution in [3.05, 3.63) is 28.2 Å². The quantitative estimate of drug-likeness (QED) is 0.592. The van der Waals surface area contributed by atoms with Gasteiger partial charge in [0, 0.05) is 14.2 Å². The summed E-state index contributed by atoms with van der Waals surface area (Å²) in [7, 11) is 3.02. The van der Waals surface area contributed by atoms with Gasteiger partial charge in [0.15, 0.2) is 28.8 Å². The Morgan fingerprint density at radius 2 is 2.36 bits per heavy atom. The molecule has 0 fully saturated rings. The molecule has 0 bridgehead atoms. The lowest BCUT2D eigenvalue weighted by atomic mass is 10.2. The van der Waals surface area contributed by atoms with Crippen LogP contribution in [0.4, 0.5) is 5.95 Å². The molecule has 3 rings (SSSR count). The Labute approximate surface area is 124 Å². The molecular formula is C12H15N5O5. The van der Waals surface area contributed by atoms with Gasteiger partial charge in [0.2, 0.25) is 12.2 Å². The van der Waals surface area contributed by atoms with Gasteiger partial charge < -0.3 is 25.0 Å². The van der Waals surface area contributed by atoms with Crippen LogP contribution >= 0.6 is 0 Å². The molecule has 0 aliphatic carbocycles. The van der Waals surface area contributed by atoms with Gasteiger partial charge in [0.25, 0.3) is 5.56 Å². The molecule has 2 aromatic rings. The number of methoxy groups -OCH3 is 1. The van der Waals surface area contributed by atoms with Crippen LogP contribution in [0.2, 0.25) is 0 Å². The molecule has 0 spiro atoms. The normalized spacial score (nSPS) is 21.4. The summed E-state index contributed by atoms with van der Waals surface area (Å²) in [6, 6.07) is 0. The van der Waals surface area contributed by atoms with Gasteiger partial charge in [-0.25, -0.2) is 4.98 Å². The second kappa shape index (κ2) is 5.31. The summed E-state index contributed by atoms with van der Waals surface area (Å²) in [4.78, 5) is 22.7. The number of rotatable bonds is 4. The van der Waals surface area contributed by atoms with E-state index in [0.29, 0.717) is 0 Å². The average molecular weight is 309 g/mol. The fourth-order valence-corrected chi connectivity index (χ4v) is 2.34. The Morgan fingerprint density at radius 3 is 3.00 bits per heavy atom. The smallest absolute Gasteiger partial charge is 0.280 e. The third-order valence-electron chi connectivity index (χ3n) is 3.42. The predicted molar refractivity (Wildman–Crippen MR) is 75.4 cm³/mol. The first-order valence-electron chi connectivity index (χ1n) is 6.47. The zero-order chi connectivity index (χ0) is 15.9. The highest BCUT2D eigenvalue weighted by Crippen LogP contribution is 2.34. The van der Waals surface area contributed by atoms with Crippen LogP contribution in [0, 0.1) is 0 Å². The molecule has 1 unspecified atom stereocenters. The third kappa shape index (κ3) is 2.00. The molecule has 1 aliphatic rings. The fourth-order valence-electron chi connectivity index (χ4n) is 2.34. The largest absolute Gasteiger partial charge is 0.506 e. The second-order valence-corrected chi connectivity index (χ2v) is 4.62. The maximum atomic E-state index is 11.9. The number of nitrogens with one attached hydrogen (secondary N) is 2. The number of aliphatic hydroxyl groups excluding tert-OH is 2. The number of aromatic nitrogens is 4. The van der Waals surface area contributed by atoms with Crippen LogP contribution in [0.15, 0.2) is 22.6 Å². The molecule has 1 aliphatic heterocycles. The van der Waals surface area contributed by atoms with Gasteiger partial charge in [-0.3, -0.25) is 14.3 Å². The Bertz CT molecular complexity index is 795. The predicted octanol–water partition coefficient (Wildman–Crippen LogP) is -0.533. The van der Waals surface area contributed by atoms with Crippen LogP contribution < -0.4 is 10.9 Å². The van der Waals surface area contributed by atoms with E-state index in [1.165, 1.54) is 18.0 Å². The van der Waals surface area contributed by atoms with E-state index in [1.807, 2.05) is 0 Å². The van der Waals surface area contributed by atoms with Crippen LogP contribution in [-0.2, 0) is 9.47 Å². The number of imidazole rings is 1. The van der Waals surface area contributed by atoms with E-state index in [-0.39, 0.29) is 28.6 Å². The highest BCUT2D eigenvalue weighted by molar-refractivity contribution is 5.71. The Kier molecular flexibility index (Phi) is 3.47. The van der Waals surface area contributed by atoms with Gasteiger partial charge in [-0.2, -0.15) is 4.98 Å². The van der Waals surface area contributed by atoms with E-state index in [1.54, 1.807) is 7.05 Å². The number of hydrogen-bond donors (Lipinski definition) is 4. The maximum Gasteiger partial charge on any atom is 0.280 e. The average Bonchev–Trinajstić information content (AvgIpc) is 3.07. The van der Waals surface area contributed by atoms with E-state index in [4.69, 9.17) is 9.47 Å². The summed E-state index contributed by atoms with van der Waals surface area (Å²) >= 11 is 0. The van der Waals surface area contributed by atoms with Crippen LogP contribution in [-0.4, -0.2) is 56.6 Å². The van der Waals surface area contributed by atoms with Crippen LogP contribution in [0.5, 0.6) is 0 Å². The topological polar surface area (TPSA) is 135 Å². The minimum absolute atomic E-state index is 0.0115. The van der Waals surface area contributed by atoms with Crippen molar-refractivity contribution >= 4 is 17.1 Å². The van der Waals surface area contributed by atoms with Crippen LogP contribution in [0.3, 0.4) is 0 Å². The van der Waals surface area contributed by atoms with E-state index in [9.17, 15) is 15.0 Å². The molecule has 10 heteroatoms. The first-order valence-corrected chi connectivity index (χ1v) is 6.47. The minimum Gasteiger partial charge on any atom is -0.506 e. The first kappa shape index (κ1) is 14.4. The highest BCUT2D eigenvalue weighted by Gasteiger charge is 2.39. The van der Waals surface area contributed by atoms with Gasteiger partial charge in [-0.1, -0.05) is 0 Å². The highest BCUT2D eigenvalue weighted by atomic mass is 16.6.